The number of carbonyl (C=O) groups is 2. The van der Waals surface area contributed by atoms with Gasteiger partial charge in [0, 0.05) is 31.7 Å². The van der Waals surface area contributed by atoms with Crippen LogP contribution in [0.3, 0.4) is 0 Å². The summed E-state index contributed by atoms with van der Waals surface area (Å²) in [6, 6.07) is 9.42. The molecule has 1 aliphatic heterocycles. The van der Waals surface area contributed by atoms with E-state index < -0.39 is 0 Å². The molecule has 7 heteroatoms. The number of nitrogens with zero attached hydrogens (tertiary/aromatic N) is 2. The predicted molar refractivity (Wildman–Crippen MR) is 95.7 cm³/mol. The molecule has 0 saturated carbocycles. The Hall–Kier alpha value is -2.12. The summed E-state index contributed by atoms with van der Waals surface area (Å²) in [6.07, 6.45) is 0. The Bertz CT molecular complexity index is 563. The first-order valence-corrected chi connectivity index (χ1v) is 8.57. The van der Waals surface area contributed by atoms with Gasteiger partial charge in [-0.15, -0.1) is 0 Å². The standard InChI is InChI=1S/C18H28N4O3/c1-18(2,3)19-16(23)13-21-9-11-22(12-10-21)17(24)20-25-14-15-7-5-4-6-8-15/h4-8H,9-14H2,1-3H3,(H,19,23)(H,20,24). The number of nitrogens with one attached hydrogen (secondary N) is 2. The maximum Gasteiger partial charge on any atom is 0.341 e. The topological polar surface area (TPSA) is 73.9 Å². The predicted octanol–water partition coefficient (Wildman–Crippen LogP) is 1.36. The zero-order chi connectivity index (χ0) is 18.3. The molecule has 3 amide bonds. The first-order chi connectivity index (χ1) is 11.8. The van der Waals surface area contributed by atoms with Crippen LogP contribution in [0, 0.1) is 0 Å². The van der Waals surface area contributed by atoms with Crippen LogP contribution >= 0.6 is 0 Å². The molecule has 0 unspecified atom stereocenters. The molecule has 7 nitrogen and oxygen atoms in total. The lowest BCUT2D eigenvalue weighted by Crippen LogP contribution is -2.54. The largest absolute Gasteiger partial charge is 0.350 e. The van der Waals surface area contributed by atoms with Crippen LogP contribution in [0.25, 0.3) is 0 Å². The fraction of sp³-hybridized carbons (Fsp3) is 0.556. The third kappa shape index (κ3) is 7.11. The third-order valence-electron chi connectivity index (χ3n) is 3.78. The van der Waals surface area contributed by atoms with Gasteiger partial charge < -0.3 is 10.2 Å². The van der Waals surface area contributed by atoms with E-state index >= 15 is 0 Å². The monoisotopic (exact) mass is 348 g/mol. The summed E-state index contributed by atoms with van der Waals surface area (Å²) < 4.78 is 0. The van der Waals surface area contributed by atoms with Crippen molar-refractivity contribution in [2.75, 3.05) is 32.7 Å². The minimum absolute atomic E-state index is 0.0107. The fourth-order valence-corrected chi connectivity index (χ4v) is 2.59. The van der Waals surface area contributed by atoms with Gasteiger partial charge in [0.2, 0.25) is 5.91 Å². The van der Waals surface area contributed by atoms with Crippen LogP contribution < -0.4 is 10.8 Å². The van der Waals surface area contributed by atoms with Crippen LogP contribution in [0.4, 0.5) is 4.79 Å². The van der Waals surface area contributed by atoms with E-state index in [0.29, 0.717) is 39.3 Å². The summed E-state index contributed by atoms with van der Waals surface area (Å²) in [5.41, 5.74) is 3.25. The molecule has 1 aliphatic rings. The molecule has 0 aliphatic carbocycles. The highest BCUT2D eigenvalue weighted by Gasteiger charge is 2.23. The molecule has 1 aromatic rings. The van der Waals surface area contributed by atoms with Gasteiger partial charge in [-0.1, -0.05) is 30.3 Å². The molecule has 0 aromatic heterocycles. The molecule has 2 rings (SSSR count). The van der Waals surface area contributed by atoms with Crippen molar-refractivity contribution in [3.63, 3.8) is 0 Å². The van der Waals surface area contributed by atoms with Gasteiger partial charge in [-0.05, 0) is 26.3 Å². The van der Waals surface area contributed by atoms with Crippen LogP contribution in [0.5, 0.6) is 0 Å². The number of hydrogen-bond donors (Lipinski definition) is 2. The molecule has 0 atom stereocenters. The molecule has 1 saturated heterocycles. The summed E-state index contributed by atoms with van der Waals surface area (Å²) in [7, 11) is 0. The highest BCUT2D eigenvalue weighted by molar-refractivity contribution is 5.78. The number of benzene rings is 1. The molecular weight excluding hydrogens is 320 g/mol. The van der Waals surface area contributed by atoms with E-state index in [1.807, 2.05) is 51.1 Å². The highest BCUT2D eigenvalue weighted by atomic mass is 16.7. The Morgan fingerprint density at radius 2 is 1.72 bits per heavy atom. The average Bonchev–Trinajstić information content (AvgIpc) is 2.54. The van der Waals surface area contributed by atoms with Crippen molar-refractivity contribution in [3.05, 3.63) is 35.9 Å². The summed E-state index contributed by atoms with van der Waals surface area (Å²) in [5, 5.41) is 2.95. The summed E-state index contributed by atoms with van der Waals surface area (Å²) in [6.45, 7) is 9.06. The van der Waals surface area contributed by atoms with Crippen LogP contribution in [-0.4, -0.2) is 60.0 Å². The molecule has 0 bridgehead atoms. The highest BCUT2D eigenvalue weighted by Crippen LogP contribution is 2.04. The van der Waals surface area contributed by atoms with Gasteiger partial charge in [-0.3, -0.25) is 14.5 Å². The lowest BCUT2D eigenvalue weighted by atomic mass is 10.1. The second-order valence-corrected chi connectivity index (χ2v) is 7.24. The van der Waals surface area contributed by atoms with Gasteiger partial charge >= 0.3 is 6.03 Å². The van der Waals surface area contributed by atoms with Crippen molar-refractivity contribution in [1.29, 1.82) is 0 Å². The Morgan fingerprint density at radius 3 is 2.32 bits per heavy atom. The lowest BCUT2D eigenvalue weighted by molar-refractivity contribution is -0.124. The van der Waals surface area contributed by atoms with Gasteiger partial charge in [0.1, 0.15) is 0 Å². The Kier molecular flexibility index (Phi) is 6.78. The van der Waals surface area contributed by atoms with Crippen molar-refractivity contribution < 1.29 is 14.4 Å². The maximum atomic E-state index is 12.1. The zero-order valence-corrected chi connectivity index (χ0v) is 15.2. The minimum atomic E-state index is -0.241. The molecule has 138 valence electrons. The van der Waals surface area contributed by atoms with Crippen LogP contribution in [0.1, 0.15) is 26.3 Å². The van der Waals surface area contributed by atoms with E-state index in [-0.39, 0.29) is 17.5 Å². The molecule has 1 aromatic carbocycles. The lowest BCUT2D eigenvalue weighted by Gasteiger charge is -2.34. The van der Waals surface area contributed by atoms with Crippen molar-refractivity contribution in [1.82, 2.24) is 20.6 Å². The smallest absolute Gasteiger partial charge is 0.341 e. The van der Waals surface area contributed by atoms with E-state index in [1.54, 1.807) is 4.90 Å². The van der Waals surface area contributed by atoms with Crippen molar-refractivity contribution in [2.45, 2.75) is 32.9 Å². The minimum Gasteiger partial charge on any atom is -0.350 e. The van der Waals surface area contributed by atoms with Crippen LogP contribution in [-0.2, 0) is 16.2 Å². The second kappa shape index (κ2) is 8.82. The molecule has 0 radical (unpaired) electrons. The number of urea groups is 1. The Morgan fingerprint density at radius 1 is 1.08 bits per heavy atom. The van der Waals surface area contributed by atoms with E-state index in [1.165, 1.54) is 0 Å². The fourth-order valence-electron chi connectivity index (χ4n) is 2.59. The SMILES string of the molecule is CC(C)(C)NC(=O)CN1CCN(C(=O)NOCc2ccccc2)CC1. The quantitative estimate of drug-likeness (QED) is 0.788. The molecule has 1 fully saturated rings. The number of carbonyl (C=O) groups excluding carboxylic acids is 2. The molecule has 2 N–H and O–H groups in total. The van der Waals surface area contributed by atoms with Gasteiger partial charge in [0.25, 0.3) is 0 Å². The number of hydrogen-bond acceptors (Lipinski definition) is 4. The van der Waals surface area contributed by atoms with E-state index in [2.05, 4.69) is 15.7 Å². The van der Waals surface area contributed by atoms with Crippen LogP contribution in [0.2, 0.25) is 0 Å². The van der Waals surface area contributed by atoms with E-state index in [9.17, 15) is 9.59 Å². The summed E-state index contributed by atoms with van der Waals surface area (Å²) in [5.74, 6) is 0.0107. The molecular formula is C18H28N4O3. The van der Waals surface area contributed by atoms with Gasteiger partial charge in [0.15, 0.2) is 0 Å². The molecule has 0 spiro atoms. The van der Waals surface area contributed by atoms with Crippen molar-refractivity contribution in [3.8, 4) is 0 Å². The third-order valence-corrected chi connectivity index (χ3v) is 3.78. The van der Waals surface area contributed by atoms with E-state index in [4.69, 9.17) is 4.84 Å². The zero-order valence-electron chi connectivity index (χ0n) is 15.2. The van der Waals surface area contributed by atoms with Crippen molar-refractivity contribution in [2.24, 2.45) is 0 Å². The Balaban J connectivity index is 1.65. The van der Waals surface area contributed by atoms with Crippen molar-refractivity contribution >= 4 is 11.9 Å². The summed E-state index contributed by atoms with van der Waals surface area (Å²) in [4.78, 5) is 33.1. The van der Waals surface area contributed by atoms with E-state index in [0.717, 1.165) is 5.56 Å². The van der Waals surface area contributed by atoms with Gasteiger partial charge in [0.05, 0.1) is 13.2 Å². The normalized spacial score (nSPS) is 15.7. The Labute approximate surface area is 149 Å². The first-order valence-electron chi connectivity index (χ1n) is 8.57. The molecule has 1 heterocycles. The molecule has 25 heavy (non-hydrogen) atoms. The summed E-state index contributed by atoms with van der Waals surface area (Å²) >= 11 is 0. The number of hydroxylamine groups is 1. The average molecular weight is 348 g/mol. The first kappa shape index (κ1) is 19.2. The number of piperazine rings is 1. The van der Waals surface area contributed by atoms with Gasteiger partial charge in [-0.25, -0.2) is 10.3 Å². The number of amides is 3. The van der Waals surface area contributed by atoms with Crippen LogP contribution in [0.15, 0.2) is 30.3 Å². The number of rotatable bonds is 5. The van der Waals surface area contributed by atoms with Gasteiger partial charge in [-0.2, -0.15) is 0 Å². The maximum absolute atomic E-state index is 12.1. The second-order valence-electron chi connectivity index (χ2n) is 7.24.